The van der Waals surface area contributed by atoms with Crippen molar-refractivity contribution in [1.29, 1.82) is 0 Å². The maximum atomic E-state index is 13.6. The first-order chi connectivity index (χ1) is 18.3. The molecule has 2 aliphatic rings. The highest BCUT2D eigenvalue weighted by Gasteiger charge is 2.36. The Balaban J connectivity index is 1.42. The van der Waals surface area contributed by atoms with Crippen LogP contribution in [0, 0.1) is 13.8 Å². The zero-order valence-corrected chi connectivity index (χ0v) is 21.9. The van der Waals surface area contributed by atoms with E-state index in [2.05, 4.69) is 52.1 Å². The summed E-state index contributed by atoms with van der Waals surface area (Å²) >= 11 is 0. The van der Waals surface area contributed by atoms with Gasteiger partial charge in [-0.2, -0.15) is 23.1 Å². The number of halogens is 3. The minimum atomic E-state index is -4.45. The fourth-order valence-corrected chi connectivity index (χ4v) is 5.12. The minimum Gasteiger partial charge on any atom is -0.356 e. The number of anilines is 5. The summed E-state index contributed by atoms with van der Waals surface area (Å²) in [5.41, 5.74) is 2.58. The molecule has 0 bridgehead atoms. The van der Waals surface area contributed by atoms with E-state index in [4.69, 9.17) is 9.97 Å². The molecule has 0 amide bonds. The molecule has 2 fully saturated rings. The van der Waals surface area contributed by atoms with Gasteiger partial charge in [-0.15, -0.1) is 0 Å². The number of nitrogens with one attached hydrogen (secondary N) is 1. The predicted octanol–water partition coefficient (Wildman–Crippen LogP) is 5.96. The third-order valence-corrected chi connectivity index (χ3v) is 7.21. The Bertz CT molecular complexity index is 1260. The van der Waals surface area contributed by atoms with Crippen LogP contribution in [0.4, 0.5) is 42.3 Å². The van der Waals surface area contributed by atoms with E-state index >= 15 is 0 Å². The summed E-state index contributed by atoms with van der Waals surface area (Å²) in [5, 5.41) is 3.50. The van der Waals surface area contributed by atoms with Crippen LogP contribution in [-0.4, -0.2) is 54.2 Å². The second-order valence-corrected chi connectivity index (χ2v) is 10.1. The number of nitrogens with zero attached hydrogens (tertiary/aromatic N) is 6. The third kappa shape index (κ3) is 5.95. The van der Waals surface area contributed by atoms with Crippen molar-refractivity contribution in [3.63, 3.8) is 0 Å². The number of pyridine rings is 1. The van der Waals surface area contributed by atoms with Crippen molar-refractivity contribution in [2.45, 2.75) is 45.7 Å². The zero-order valence-electron chi connectivity index (χ0n) is 21.9. The molecular weight excluding hydrogens is 491 g/mol. The highest BCUT2D eigenvalue weighted by Crippen LogP contribution is 2.35. The summed E-state index contributed by atoms with van der Waals surface area (Å²) < 4.78 is 40.9. The molecule has 1 N–H and O–H groups in total. The van der Waals surface area contributed by atoms with Gasteiger partial charge in [0.1, 0.15) is 17.5 Å². The molecule has 0 saturated carbocycles. The van der Waals surface area contributed by atoms with Gasteiger partial charge in [0.15, 0.2) is 0 Å². The SMILES string of the molecule is Cc1ccc(C)c(Nc2cc(N3CCCCC3)nc(N3CCCN(c4ncccc4C(F)(F)F)CC3)n2)c1. The summed E-state index contributed by atoms with van der Waals surface area (Å²) in [7, 11) is 0. The first-order valence-electron chi connectivity index (χ1n) is 13.3. The Kier molecular flexibility index (Phi) is 7.58. The highest BCUT2D eigenvalue weighted by atomic mass is 19.4. The molecule has 10 heteroatoms. The topological polar surface area (TPSA) is 60.4 Å². The van der Waals surface area contributed by atoms with E-state index in [0.717, 1.165) is 60.4 Å². The first-order valence-corrected chi connectivity index (χ1v) is 13.3. The van der Waals surface area contributed by atoms with Crippen molar-refractivity contribution in [3.8, 4) is 0 Å². The lowest BCUT2D eigenvalue weighted by Crippen LogP contribution is -2.34. The molecule has 1 aromatic carbocycles. The number of alkyl halides is 3. The van der Waals surface area contributed by atoms with Crippen LogP contribution in [0.2, 0.25) is 0 Å². The van der Waals surface area contributed by atoms with Gasteiger partial charge in [0.2, 0.25) is 5.95 Å². The van der Waals surface area contributed by atoms with Gasteiger partial charge in [0, 0.05) is 57.2 Å². The van der Waals surface area contributed by atoms with Crippen LogP contribution in [0.15, 0.2) is 42.6 Å². The number of aryl methyl sites for hydroxylation is 2. The van der Waals surface area contributed by atoms with Crippen LogP contribution in [0.5, 0.6) is 0 Å². The van der Waals surface area contributed by atoms with Crippen LogP contribution in [0.3, 0.4) is 0 Å². The van der Waals surface area contributed by atoms with Gasteiger partial charge in [0.25, 0.3) is 0 Å². The molecule has 0 radical (unpaired) electrons. The minimum absolute atomic E-state index is 0.0119. The molecule has 0 unspecified atom stereocenters. The summed E-state index contributed by atoms with van der Waals surface area (Å²) in [5.74, 6) is 2.18. The van der Waals surface area contributed by atoms with Crippen molar-refractivity contribution in [1.82, 2.24) is 15.0 Å². The second kappa shape index (κ2) is 11.0. The van der Waals surface area contributed by atoms with Gasteiger partial charge in [0.05, 0.1) is 5.56 Å². The number of piperidine rings is 1. The Morgan fingerprint density at radius 3 is 2.32 bits per heavy atom. The molecule has 3 aromatic rings. The monoisotopic (exact) mass is 525 g/mol. The van der Waals surface area contributed by atoms with Crippen LogP contribution >= 0.6 is 0 Å². The van der Waals surface area contributed by atoms with Gasteiger partial charge < -0.3 is 20.0 Å². The van der Waals surface area contributed by atoms with Crippen molar-refractivity contribution < 1.29 is 13.2 Å². The molecule has 0 spiro atoms. The average Bonchev–Trinajstić information content (AvgIpc) is 3.17. The second-order valence-electron chi connectivity index (χ2n) is 10.1. The van der Waals surface area contributed by atoms with E-state index in [9.17, 15) is 13.2 Å². The molecule has 0 atom stereocenters. The molecule has 5 rings (SSSR count). The Morgan fingerprint density at radius 2 is 1.53 bits per heavy atom. The fourth-order valence-electron chi connectivity index (χ4n) is 5.12. The maximum Gasteiger partial charge on any atom is 0.419 e. The zero-order chi connectivity index (χ0) is 26.7. The molecular formula is C28H34F3N7. The quantitative estimate of drug-likeness (QED) is 0.441. The van der Waals surface area contributed by atoms with Crippen LogP contribution in [0.25, 0.3) is 0 Å². The summed E-state index contributed by atoms with van der Waals surface area (Å²) in [6, 6.07) is 10.7. The number of rotatable bonds is 5. The fraction of sp³-hybridized carbons (Fsp3) is 0.464. The predicted molar refractivity (Wildman–Crippen MR) is 146 cm³/mol. The van der Waals surface area contributed by atoms with Crippen LogP contribution < -0.4 is 20.0 Å². The molecule has 4 heterocycles. The van der Waals surface area contributed by atoms with E-state index < -0.39 is 11.7 Å². The lowest BCUT2D eigenvalue weighted by molar-refractivity contribution is -0.137. The first kappa shape index (κ1) is 26.1. The molecule has 2 aliphatic heterocycles. The van der Waals surface area contributed by atoms with Gasteiger partial charge in [-0.25, -0.2) is 4.98 Å². The Labute approximate surface area is 221 Å². The Hall–Kier alpha value is -3.56. The molecule has 38 heavy (non-hydrogen) atoms. The summed E-state index contributed by atoms with van der Waals surface area (Å²) in [6.45, 7) is 8.06. The standard InChI is InChI=1S/C28H34F3N7/c1-20-9-10-21(2)23(18-20)33-24-19-25(36-12-4-3-5-13-36)35-27(34-24)38-15-7-14-37(16-17-38)26-22(28(29,30)31)8-6-11-32-26/h6,8-11,18-19H,3-5,7,12-17H2,1-2H3,(H,33,34,35). The molecule has 0 aliphatic carbocycles. The van der Waals surface area contributed by atoms with Gasteiger partial charge >= 0.3 is 6.18 Å². The number of aromatic nitrogens is 3. The van der Waals surface area contributed by atoms with Crippen molar-refractivity contribution >= 4 is 29.1 Å². The molecule has 2 aromatic heterocycles. The van der Waals surface area contributed by atoms with E-state index in [1.54, 1.807) is 4.90 Å². The lowest BCUT2D eigenvalue weighted by Gasteiger charge is -2.30. The lowest BCUT2D eigenvalue weighted by atomic mass is 10.1. The van der Waals surface area contributed by atoms with Crippen molar-refractivity contribution in [3.05, 3.63) is 59.3 Å². The molecule has 202 valence electrons. The normalized spacial score (nSPS) is 16.9. The number of hydrogen-bond donors (Lipinski definition) is 1. The molecule has 7 nitrogen and oxygen atoms in total. The summed E-state index contributed by atoms with van der Waals surface area (Å²) in [6.07, 6.45) is 1.12. The van der Waals surface area contributed by atoms with E-state index in [0.29, 0.717) is 38.5 Å². The number of hydrogen-bond acceptors (Lipinski definition) is 7. The van der Waals surface area contributed by atoms with E-state index in [1.165, 1.54) is 18.7 Å². The van der Waals surface area contributed by atoms with E-state index in [1.807, 2.05) is 6.07 Å². The number of benzene rings is 1. The average molecular weight is 526 g/mol. The van der Waals surface area contributed by atoms with Crippen molar-refractivity contribution in [2.24, 2.45) is 0 Å². The largest absolute Gasteiger partial charge is 0.419 e. The Morgan fingerprint density at radius 1 is 0.789 bits per heavy atom. The third-order valence-electron chi connectivity index (χ3n) is 7.21. The van der Waals surface area contributed by atoms with Crippen LogP contribution in [0.1, 0.15) is 42.4 Å². The highest BCUT2D eigenvalue weighted by molar-refractivity contribution is 5.65. The summed E-state index contributed by atoms with van der Waals surface area (Å²) in [4.78, 5) is 20.0. The van der Waals surface area contributed by atoms with E-state index in [-0.39, 0.29) is 5.82 Å². The van der Waals surface area contributed by atoms with Crippen molar-refractivity contribution in [2.75, 3.05) is 59.3 Å². The molecule has 2 saturated heterocycles. The van der Waals surface area contributed by atoms with Gasteiger partial charge in [-0.3, -0.25) is 0 Å². The van der Waals surface area contributed by atoms with Crippen LogP contribution in [-0.2, 0) is 6.18 Å². The smallest absolute Gasteiger partial charge is 0.356 e. The maximum absolute atomic E-state index is 13.6. The van der Waals surface area contributed by atoms with Gasteiger partial charge in [-0.1, -0.05) is 12.1 Å². The van der Waals surface area contributed by atoms with Gasteiger partial charge in [-0.05, 0) is 68.9 Å².